The van der Waals surface area contributed by atoms with Gasteiger partial charge in [0.25, 0.3) is 5.56 Å². The average molecular weight is 318 g/mol. The Bertz CT molecular complexity index is 976. The van der Waals surface area contributed by atoms with Crippen molar-refractivity contribution in [2.75, 3.05) is 5.43 Å². The molecule has 1 aliphatic rings. The Hall–Kier alpha value is -2.95. The van der Waals surface area contributed by atoms with Gasteiger partial charge < -0.3 is 0 Å². The number of benzene rings is 2. The van der Waals surface area contributed by atoms with Crippen molar-refractivity contribution in [3.05, 3.63) is 70.8 Å². The maximum Gasteiger partial charge on any atom is 0.261 e. The van der Waals surface area contributed by atoms with Crippen molar-refractivity contribution in [1.29, 1.82) is 0 Å². The minimum Gasteiger partial charge on any atom is -0.296 e. The van der Waals surface area contributed by atoms with E-state index in [1.54, 1.807) is 4.57 Å². The fraction of sp³-hybridized carbons (Fsp3) is 0.211. The zero-order valence-electron chi connectivity index (χ0n) is 13.4. The summed E-state index contributed by atoms with van der Waals surface area (Å²) >= 11 is 0. The fourth-order valence-electron chi connectivity index (χ4n) is 3.19. The molecule has 0 aliphatic carbocycles. The number of hydrazone groups is 1. The molecule has 24 heavy (non-hydrogen) atoms. The summed E-state index contributed by atoms with van der Waals surface area (Å²) in [4.78, 5) is 17.4. The highest BCUT2D eigenvalue weighted by molar-refractivity contribution is 5.89. The highest BCUT2D eigenvalue weighted by atomic mass is 16.1. The zero-order valence-corrected chi connectivity index (χ0v) is 13.4. The molecule has 120 valence electrons. The van der Waals surface area contributed by atoms with Gasteiger partial charge >= 0.3 is 0 Å². The molecule has 0 bridgehead atoms. The lowest BCUT2D eigenvalue weighted by Crippen LogP contribution is -2.22. The molecule has 0 fully saturated rings. The minimum atomic E-state index is 0.0434. The molecule has 1 N–H and O–H groups in total. The Kier molecular flexibility index (Phi) is 3.61. The molecular weight excluding hydrogens is 300 g/mol. The minimum absolute atomic E-state index is 0.0434. The van der Waals surface area contributed by atoms with E-state index in [0.717, 1.165) is 29.2 Å². The predicted octanol–water partition coefficient (Wildman–Crippen LogP) is 3.37. The molecule has 1 atom stereocenters. The molecule has 1 aliphatic heterocycles. The first kappa shape index (κ1) is 14.6. The molecule has 1 aromatic heterocycles. The molecule has 0 radical (unpaired) electrons. The van der Waals surface area contributed by atoms with E-state index in [9.17, 15) is 4.79 Å². The highest BCUT2D eigenvalue weighted by Gasteiger charge is 2.28. The Labute approximate surface area is 139 Å². The number of hydrogen-bond donors (Lipinski definition) is 1. The van der Waals surface area contributed by atoms with Crippen molar-refractivity contribution >= 4 is 22.3 Å². The van der Waals surface area contributed by atoms with Crippen LogP contribution in [0.1, 0.15) is 25.1 Å². The summed E-state index contributed by atoms with van der Waals surface area (Å²) in [5.74, 6) is 0.883. The second kappa shape index (κ2) is 5.92. The van der Waals surface area contributed by atoms with E-state index >= 15 is 0 Å². The van der Waals surface area contributed by atoms with Crippen LogP contribution in [0.5, 0.6) is 0 Å². The number of hydrogen-bond acceptors (Lipinski definition) is 4. The Balaban J connectivity index is 1.69. The average Bonchev–Trinajstić information content (AvgIpc) is 3.05. The second-order valence-corrected chi connectivity index (χ2v) is 6.02. The fourth-order valence-corrected chi connectivity index (χ4v) is 3.19. The predicted molar refractivity (Wildman–Crippen MR) is 96.5 cm³/mol. The van der Waals surface area contributed by atoms with Crippen LogP contribution in [0.4, 0.5) is 5.69 Å². The molecule has 0 amide bonds. The SMILES string of the molecule is C/C(=N/Nc1ccccc1)C1CCn2c1nc1ccccc1c2=O. The highest BCUT2D eigenvalue weighted by Crippen LogP contribution is 2.27. The maximum absolute atomic E-state index is 12.6. The summed E-state index contributed by atoms with van der Waals surface area (Å²) < 4.78 is 1.79. The lowest BCUT2D eigenvalue weighted by Gasteiger charge is -2.11. The van der Waals surface area contributed by atoms with Gasteiger partial charge in [0.05, 0.1) is 22.5 Å². The Morgan fingerprint density at radius 3 is 2.75 bits per heavy atom. The van der Waals surface area contributed by atoms with E-state index in [2.05, 4.69) is 10.5 Å². The van der Waals surface area contributed by atoms with E-state index in [4.69, 9.17) is 4.98 Å². The number of rotatable bonds is 3. The zero-order chi connectivity index (χ0) is 16.5. The van der Waals surface area contributed by atoms with Gasteiger partial charge in [-0.2, -0.15) is 5.10 Å². The largest absolute Gasteiger partial charge is 0.296 e. The first-order chi connectivity index (χ1) is 11.7. The molecule has 5 nitrogen and oxygen atoms in total. The van der Waals surface area contributed by atoms with Crippen LogP contribution in [0.2, 0.25) is 0 Å². The van der Waals surface area contributed by atoms with Crippen molar-refractivity contribution in [2.45, 2.75) is 25.8 Å². The van der Waals surface area contributed by atoms with E-state index in [0.29, 0.717) is 11.9 Å². The normalized spacial score (nSPS) is 17.0. The van der Waals surface area contributed by atoms with Crippen LogP contribution in [-0.4, -0.2) is 15.3 Å². The monoisotopic (exact) mass is 318 g/mol. The molecule has 4 rings (SSSR count). The Morgan fingerprint density at radius 1 is 1.17 bits per heavy atom. The Morgan fingerprint density at radius 2 is 1.92 bits per heavy atom. The summed E-state index contributed by atoms with van der Waals surface area (Å²) in [6.07, 6.45) is 0.852. The molecule has 0 spiro atoms. The molecule has 0 saturated heterocycles. The maximum atomic E-state index is 12.6. The van der Waals surface area contributed by atoms with Crippen LogP contribution in [-0.2, 0) is 6.54 Å². The van der Waals surface area contributed by atoms with Crippen LogP contribution in [0.15, 0.2) is 64.5 Å². The van der Waals surface area contributed by atoms with Crippen LogP contribution in [0.3, 0.4) is 0 Å². The molecule has 2 aromatic carbocycles. The second-order valence-electron chi connectivity index (χ2n) is 6.02. The lowest BCUT2D eigenvalue weighted by molar-refractivity contribution is 0.715. The summed E-state index contributed by atoms with van der Waals surface area (Å²) in [7, 11) is 0. The van der Waals surface area contributed by atoms with Gasteiger partial charge in [-0.3, -0.25) is 14.8 Å². The van der Waals surface area contributed by atoms with Gasteiger partial charge in [-0.15, -0.1) is 0 Å². The van der Waals surface area contributed by atoms with E-state index in [1.807, 2.05) is 61.5 Å². The van der Waals surface area contributed by atoms with Gasteiger partial charge in [0, 0.05) is 12.3 Å². The van der Waals surface area contributed by atoms with E-state index < -0.39 is 0 Å². The number of nitrogens with one attached hydrogen (secondary N) is 1. The number of fused-ring (bicyclic) bond motifs is 2. The van der Waals surface area contributed by atoms with Crippen LogP contribution < -0.4 is 11.0 Å². The van der Waals surface area contributed by atoms with Gasteiger partial charge in [-0.05, 0) is 37.6 Å². The molecule has 2 heterocycles. The third kappa shape index (κ3) is 2.48. The quantitative estimate of drug-likeness (QED) is 0.595. The number of nitrogens with zero attached hydrogens (tertiary/aromatic N) is 3. The van der Waals surface area contributed by atoms with Gasteiger partial charge in [-0.25, -0.2) is 4.98 Å². The summed E-state index contributed by atoms with van der Waals surface area (Å²) in [6.45, 7) is 2.67. The number of para-hydroxylation sites is 2. The van der Waals surface area contributed by atoms with Crippen molar-refractivity contribution < 1.29 is 0 Å². The van der Waals surface area contributed by atoms with E-state index in [1.165, 1.54) is 0 Å². The van der Waals surface area contributed by atoms with Crippen molar-refractivity contribution in [1.82, 2.24) is 9.55 Å². The topological polar surface area (TPSA) is 59.3 Å². The molecule has 3 aromatic rings. The third-order valence-corrected chi connectivity index (χ3v) is 4.48. The lowest BCUT2D eigenvalue weighted by atomic mass is 10.0. The van der Waals surface area contributed by atoms with Gasteiger partial charge in [-0.1, -0.05) is 30.3 Å². The van der Waals surface area contributed by atoms with Crippen molar-refractivity contribution in [3.8, 4) is 0 Å². The van der Waals surface area contributed by atoms with Crippen molar-refractivity contribution in [3.63, 3.8) is 0 Å². The smallest absolute Gasteiger partial charge is 0.261 e. The van der Waals surface area contributed by atoms with Crippen LogP contribution in [0, 0.1) is 0 Å². The summed E-state index contributed by atoms with van der Waals surface area (Å²) in [5, 5.41) is 5.18. The summed E-state index contributed by atoms with van der Waals surface area (Å²) in [5.41, 5.74) is 5.75. The summed E-state index contributed by atoms with van der Waals surface area (Å²) in [6, 6.07) is 17.3. The number of anilines is 1. The van der Waals surface area contributed by atoms with Gasteiger partial charge in [0.1, 0.15) is 5.82 Å². The first-order valence-electron chi connectivity index (χ1n) is 8.09. The molecule has 0 saturated carbocycles. The van der Waals surface area contributed by atoms with Gasteiger partial charge in [0.2, 0.25) is 0 Å². The number of aromatic nitrogens is 2. The van der Waals surface area contributed by atoms with Crippen LogP contribution >= 0.6 is 0 Å². The first-order valence-corrected chi connectivity index (χ1v) is 8.09. The van der Waals surface area contributed by atoms with Crippen molar-refractivity contribution in [2.24, 2.45) is 5.10 Å². The standard InChI is InChI=1S/C19H18N4O/c1-13(21-22-14-7-3-2-4-8-14)15-11-12-23-18(15)20-17-10-6-5-9-16(17)19(23)24/h2-10,15,22H,11-12H2,1H3/b21-13-. The van der Waals surface area contributed by atoms with Gasteiger partial charge in [0.15, 0.2) is 0 Å². The van der Waals surface area contributed by atoms with Crippen LogP contribution in [0.25, 0.3) is 10.9 Å². The molecule has 5 heteroatoms. The molecule has 1 unspecified atom stereocenters. The third-order valence-electron chi connectivity index (χ3n) is 4.48. The van der Waals surface area contributed by atoms with E-state index in [-0.39, 0.29) is 11.5 Å². The molecular formula is C19H18N4O.